The number of ether oxygens (including phenoxy) is 1. The number of nitrogens with zero attached hydrogens (tertiary/aromatic N) is 4. The summed E-state index contributed by atoms with van der Waals surface area (Å²) in [4.78, 5) is 17.5. The number of anilines is 1. The summed E-state index contributed by atoms with van der Waals surface area (Å²) in [5.41, 5.74) is 3.84. The van der Waals surface area contributed by atoms with E-state index >= 15 is 4.39 Å². The minimum Gasteiger partial charge on any atom is -0.454 e. The summed E-state index contributed by atoms with van der Waals surface area (Å²) >= 11 is 2.17. The molecule has 10 heteroatoms. The molecule has 0 radical (unpaired) electrons. The minimum atomic E-state index is -0.351. The zero-order valence-corrected chi connectivity index (χ0v) is 24.3. The maximum Gasteiger partial charge on any atom is 0.275 e. The molecule has 38 heavy (non-hydrogen) atoms. The van der Waals surface area contributed by atoms with Gasteiger partial charge in [0.15, 0.2) is 11.6 Å². The number of piperazine rings is 1. The Labute approximate surface area is 237 Å². The molecule has 0 atom stereocenters. The van der Waals surface area contributed by atoms with E-state index in [4.69, 9.17) is 4.74 Å². The molecule has 0 unspecified atom stereocenters. The highest BCUT2D eigenvalue weighted by atomic mass is 127. The summed E-state index contributed by atoms with van der Waals surface area (Å²) < 4.78 is 25.5. The topological polar surface area (TPSA) is 54.7 Å². The molecule has 0 amide bonds. The lowest BCUT2D eigenvalue weighted by molar-refractivity contribution is 0.147. The van der Waals surface area contributed by atoms with Crippen LogP contribution < -0.4 is 20.5 Å². The lowest BCUT2D eigenvalue weighted by atomic mass is 10.0. The number of rotatable bonds is 6. The van der Waals surface area contributed by atoms with Crippen molar-refractivity contribution in [2.45, 2.75) is 13.0 Å². The number of hydrogen-bond acceptors (Lipinski definition) is 6. The number of aromatic nitrogens is 2. The molecule has 4 aromatic rings. The van der Waals surface area contributed by atoms with Crippen LogP contribution in [0.3, 0.4) is 0 Å². The highest BCUT2D eigenvalue weighted by Crippen LogP contribution is 2.40. The van der Waals surface area contributed by atoms with E-state index in [-0.39, 0.29) is 17.1 Å². The normalized spacial score (nSPS) is 16.7. The van der Waals surface area contributed by atoms with Gasteiger partial charge in [-0.2, -0.15) is 0 Å². The van der Waals surface area contributed by atoms with Crippen LogP contribution in [0.25, 0.3) is 22.0 Å². The Bertz CT molecular complexity index is 1560. The molecule has 0 saturated carbocycles. The largest absolute Gasteiger partial charge is 0.454 e. The van der Waals surface area contributed by atoms with Gasteiger partial charge in [-0.1, -0.05) is 17.7 Å². The predicted octanol–water partition coefficient (Wildman–Crippen LogP) is 5.19. The SMILES string of the molecule is Cc1ccc(Oc2cccc(N3CC(N4CCNCC4)C3)c2F)c(-c2cn(C)c(=O)c3c2ccn3SI)c1. The Balaban J connectivity index is 1.33. The van der Waals surface area contributed by atoms with Crippen molar-refractivity contribution in [1.82, 2.24) is 18.8 Å². The van der Waals surface area contributed by atoms with E-state index in [2.05, 4.69) is 36.3 Å². The first kappa shape index (κ1) is 25.7. The second-order valence-electron chi connectivity index (χ2n) is 9.97. The third kappa shape index (κ3) is 4.61. The summed E-state index contributed by atoms with van der Waals surface area (Å²) in [5, 5.41) is 4.22. The highest BCUT2D eigenvalue weighted by molar-refractivity contribution is 14.2. The maximum absolute atomic E-state index is 15.8. The Morgan fingerprint density at radius 1 is 1.08 bits per heavy atom. The Morgan fingerprint density at radius 2 is 1.87 bits per heavy atom. The van der Waals surface area contributed by atoms with Gasteiger partial charge < -0.3 is 19.5 Å². The molecular weight excluding hydrogens is 616 g/mol. The first-order chi connectivity index (χ1) is 18.4. The van der Waals surface area contributed by atoms with Gasteiger partial charge in [-0.25, -0.2) is 4.39 Å². The van der Waals surface area contributed by atoms with Crippen molar-refractivity contribution in [2.24, 2.45) is 7.05 Å². The molecule has 2 aliphatic heterocycles. The molecule has 198 valence electrons. The minimum absolute atomic E-state index is 0.0690. The second kappa shape index (κ2) is 10.6. The van der Waals surface area contributed by atoms with Crippen molar-refractivity contribution in [3.8, 4) is 22.6 Å². The van der Waals surface area contributed by atoms with Gasteiger partial charge in [0.25, 0.3) is 5.56 Å². The van der Waals surface area contributed by atoms with E-state index in [0.29, 0.717) is 23.0 Å². The summed E-state index contributed by atoms with van der Waals surface area (Å²) in [6, 6.07) is 13.6. The van der Waals surface area contributed by atoms with Crippen LogP contribution in [-0.4, -0.2) is 58.7 Å². The standard InChI is InChI=1S/C28H29FIN5O2S/c1-18-6-7-24(21(14-18)22-17-32(2)28(36)27-20(22)8-11-35(27)38-30)37-25-5-3-4-23(26(25)29)34-15-19(16-34)33-12-9-31-10-13-33/h3-8,11,14,17,19,31H,9-10,12-13,15-16H2,1-2H3. The van der Waals surface area contributed by atoms with Crippen molar-refractivity contribution < 1.29 is 9.13 Å². The quantitative estimate of drug-likeness (QED) is 0.292. The summed E-state index contributed by atoms with van der Waals surface area (Å²) in [5.74, 6) is 0.388. The smallest absolute Gasteiger partial charge is 0.275 e. The van der Waals surface area contributed by atoms with Gasteiger partial charge in [0, 0.05) is 112 Å². The molecule has 7 nitrogen and oxygen atoms in total. The van der Waals surface area contributed by atoms with Gasteiger partial charge in [-0.15, -0.1) is 0 Å². The number of halogens is 2. The zero-order valence-electron chi connectivity index (χ0n) is 21.3. The lowest BCUT2D eigenvalue weighted by Crippen LogP contribution is -2.63. The molecule has 0 spiro atoms. The number of fused-ring (bicyclic) bond motifs is 1. The number of hydrogen-bond donors (Lipinski definition) is 1. The van der Waals surface area contributed by atoms with E-state index in [1.165, 1.54) is 9.12 Å². The molecule has 6 rings (SSSR count). The molecule has 2 fully saturated rings. The molecular formula is C28H29FIN5O2S. The van der Waals surface area contributed by atoms with Crippen LogP contribution in [0.2, 0.25) is 0 Å². The fraction of sp³-hybridized carbons (Fsp3) is 0.321. The van der Waals surface area contributed by atoms with Crippen molar-refractivity contribution in [1.29, 1.82) is 0 Å². The molecule has 1 N–H and O–H groups in total. The molecule has 0 aliphatic carbocycles. The first-order valence-electron chi connectivity index (χ1n) is 12.7. The van der Waals surface area contributed by atoms with E-state index < -0.39 is 0 Å². The number of nitrogens with one attached hydrogen (secondary N) is 1. The molecule has 2 aromatic heterocycles. The fourth-order valence-corrected chi connectivity index (χ4v) is 6.75. The van der Waals surface area contributed by atoms with Crippen LogP contribution in [0.1, 0.15) is 5.56 Å². The third-order valence-electron chi connectivity index (χ3n) is 7.52. The maximum atomic E-state index is 15.8. The first-order valence-corrected chi connectivity index (χ1v) is 16.0. The van der Waals surface area contributed by atoms with E-state index in [1.54, 1.807) is 17.7 Å². The van der Waals surface area contributed by atoms with Crippen molar-refractivity contribution >= 4 is 46.9 Å². The van der Waals surface area contributed by atoms with Gasteiger partial charge in [0.05, 0.1) is 5.69 Å². The number of aryl methyl sites for hydroxylation is 2. The summed E-state index contributed by atoms with van der Waals surface area (Å²) in [7, 11) is 3.20. The van der Waals surface area contributed by atoms with Gasteiger partial charge in [0.1, 0.15) is 11.3 Å². The van der Waals surface area contributed by atoms with E-state index in [1.807, 2.05) is 59.7 Å². The Morgan fingerprint density at radius 3 is 2.63 bits per heavy atom. The zero-order chi connectivity index (χ0) is 26.4. The Hall–Kier alpha value is -2.54. The van der Waals surface area contributed by atoms with Crippen LogP contribution in [0, 0.1) is 12.7 Å². The van der Waals surface area contributed by atoms with Gasteiger partial charge >= 0.3 is 0 Å². The average Bonchev–Trinajstić information content (AvgIpc) is 3.34. The number of benzene rings is 2. The number of pyridine rings is 1. The third-order valence-corrected chi connectivity index (χ3v) is 9.25. The van der Waals surface area contributed by atoms with Crippen LogP contribution in [0.15, 0.2) is 59.7 Å². The van der Waals surface area contributed by atoms with Crippen molar-refractivity contribution in [3.63, 3.8) is 0 Å². The molecule has 0 bridgehead atoms. The molecule has 2 aliphatic rings. The van der Waals surface area contributed by atoms with Crippen LogP contribution in [0.4, 0.5) is 10.1 Å². The summed E-state index contributed by atoms with van der Waals surface area (Å²) in [6.45, 7) is 7.75. The molecule has 2 saturated heterocycles. The van der Waals surface area contributed by atoms with Crippen LogP contribution >= 0.6 is 30.3 Å². The van der Waals surface area contributed by atoms with Gasteiger partial charge in [-0.3, -0.25) is 13.7 Å². The Kier molecular flexibility index (Phi) is 7.14. The van der Waals surface area contributed by atoms with Gasteiger partial charge in [-0.05, 0) is 37.3 Å². The monoisotopic (exact) mass is 645 g/mol. The van der Waals surface area contributed by atoms with Crippen molar-refractivity contribution in [3.05, 3.63) is 76.6 Å². The fourth-order valence-electron chi connectivity index (χ4n) is 5.42. The summed E-state index contributed by atoms with van der Waals surface area (Å²) in [6.07, 6.45) is 3.73. The van der Waals surface area contributed by atoms with E-state index in [9.17, 15) is 4.79 Å². The highest BCUT2D eigenvalue weighted by Gasteiger charge is 2.34. The van der Waals surface area contributed by atoms with E-state index in [0.717, 1.165) is 61.3 Å². The lowest BCUT2D eigenvalue weighted by Gasteiger charge is -2.48. The van der Waals surface area contributed by atoms with Gasteiger partial charge in [0.2, 0.25) is 0 Å². The average molecular weight is 646 g/mol. The van der Waals surface area contributed by atoms with Crippen LogP contribution in [0.5, 0.6) is 11.5 Å². The van der Waals surface area contributed by atoms with Crippen molar-refractivity contribution in [2.75, 3.05) is 44.2 Å². The molecule has 4 heterocycles. The van der Waals surface area contributed by atoms with Crippen LogP contribution in [-0.2, 0) is 7.05 Å². The molecule has 2 aromatic carbocycles. The predicted molar refractivity (Wildman–Crippen MR) is 161 cm³/mol. The second-order valence-corrected chi connectivity index (χ2v) is 11.7.